The van der Waals surface area contributed by atoms with Gasteiger partial charge in [0, 0.05) is 24.2 Å². The predicted molar refractivity (Wildman–Crippen MR) is 85.6 cm³/mol. The number of benzene rings is 1. The molecule has 1 N–H and O–H groups in total. The van der Waals surface area contributed by atoms with Crippen molar-refractivity contribution in [2.75, 3.05) is 12.4 Å². The number of nitrogens with one attached hydrogen (secondary N) is 1. The van der Waals surface area contributed by atoms with Crippen molar-refractivity contribution in [1.82, 2.24) is 15.0 Å². The molecule has 0 bridgehead atoms. The van der Waals surface area contributed by atoms with Gasteiger partial charge < -0.3 is 10.1 Å². The van der Waals surface area contributed by atoms with Gasteiger partial charge >= 0.3 is 0 Å². The van der Waals surface area contributed by atoms with Gasteiger partial charge in [0.25, 0.3) is 0 Å². The zero-order valence-electron chi connectivity index (χ0n) is 12.2. The van der Waals surface area contributed by atoms with Crippen molar-refractivity contribution >= 4 is 5.82 Å². The van der Waals surface area contributed by atoms with Crippen molar-refractivity contribution < 1.29 is 4.74 Å². The largest absolute Gasteiger partial charge is 0.496 e. The summed E-state index contributed by atoms with van der Waals surface area (Å²) < 4.78 is 5.41. The lowest BCUT2D eigenvalue weighted by molar-refractivity contribution is 0.416. The van der Waals surface area contributed by atoms with Crippen LogP contribution in [0.4, 0.5) is 5.82 Å². The third kappa shape index (κ3) is 3.03. The molecule has 0 amide bonds. The second kappa shape index (κ2) is 6.67. The molecule has 1 aromatic carbocycles. The van der Waals surface area contributed by atoms with Crippen LogP contribution in [0, 0.1) is 0 Å². The van der Waals surface area contributed by atoms with Gasteiger partial charge in [0.2, 0.25) is 0 Å². The molecule has 5 heteroatoms. The van der Waals surface area contributed by atoms with Crippen LogP contribution in [0.5, 0.6) is 5.75 Å². The van der Waals surface area contributed by atoms with E-state index in [1.165, 1.54) is 0 Å². The zero-order chi connectivity index (χ0) is 15.2. The van der Waals surface area contributed by atoms with Gasteiger partial charge in [0.05, 0.1) is 19.3 Å². The van der Waals surface area contributed by atoms with E-state index in [-0.39, 0.29) is 0 Å². The fourth-order valence-corrected chi connectivity index (χ4v) is 2.18. The standard InChI is InChI=1S/C17H16N4O/c1-22-15-8-3-2-7-14(15)16-17(20-11-10-19-16)21-12-13-6-4-5-9-18-13/h2-11H,12H2,1H3,(H,20,21). The van der Waals surface area contributed by atoms with E-state index < -0.39 is 0 Å². The number of anilines is 1. The van der Waals surface area contributed by atoms with E-state index >= 15 is 0 Å². The average Bonchev–Trinajstić information content (AvgIpc) is 2.61. The summed E-state index contributed by atoms with van der Waals surface area (Å²) in [5, 5.41) is 3.29. The summed E-state index contributed by atoms with van der Waals surface area (Å²) in [6.45, 7) is 0.585. The summed E-state index contributed by atoms with van der Waals surface area (Å²) in [6.07, 6.45) is 5.11. The van der Waals surface area contributed by atoms with Crippen LogP contribution in [0.25, 0.3) is 11.3 Å². The van der Waals surface area contributed by atoms with Crippen molar-refractivity contribution in [2.45, 2.75) is 6.54 Å². The summed E-state index contributed by atoms with van der Waals surface area (Å²) >= 11 is 0. The van der Waals surface area contributed by atoms with E-state index in [1.807, 2.05) is 42.5 Å². The molecule has 0 saturated carbocycles. The van der Waals surface area contributed by atoms with E-state index in [0.29, 0.717) is 12.4 Å². The Balaban J connectivity index is 1.90. The fraction of sp³-hybridized carbons (Fsp3) is 0.118. The average molecular weight is 292 g/mol. The van der Waals surface area contributed by atoms with Crippen molar-refractivity contribution in [3.05, 3.63) is 66.7 Å². The Morgan fingerprint density at radius 2 is 1.73 bits per heavy atom. The normalized spacial score (nSPS) is 10.2. The number of rotatable bonds is 5. The molecule has 0 fully saturated rings. The Bertz CT molecular complexity index is 746. The molecular formula is C17H16N4O. The molecule has 0 atom stereocenters. The number of methoxy groups -OCH3 is 1. The molecule has 22 heavy (non-hydrogen) atoms. The topological polar surface area (TPSA) is 59.9 Å². The van der Waals surface area contributed by atoms with Crippen LogP contribution in [0.15, 0.2) is 61.1 Å². The second-order valence-corrected chi connectivity index (χ2v) is 4.63. The number of aromatic nitrogens is 3. The highest BCUT2D eigenvalue weighted by atomic mass is 16.5. The Labute approximate surface area is 129 Å². The van der Waals surface area contributed by atoms with Crippen molar-refractivity contribution in [3.63, 3.8) is 0 Å². The molecule has 2 aromatic heterocycles. The van der Waals surface area contributed by atoms with E-state index in [1.54, 1.807) is 25.7 Å². The first-order chi connectivity index (χ1) is 10.9. The van der Waals surface area contributed by atoms with Crippen LogP contribution in [-0.2, 0) is 6.54 Å². The number of para-hydroxylation sites is 1. The molecule has 0 aliphatic rings. The number of hydrogen-bond donors (Lipinski definition) is 1. The van der Waals surface area contributed by atoms with E-state index in [0.717, 1.165) is 22.7 Å². The Kier molecular flexibility index (Phi) is 4.25. The molecule has 0 aliphatic heterocycles. The molecule has 0 radical (unpaired) electrons. The maximum absolute atomic E-state index is 5.41. The molecular weight excluding hydrogens is 276 g/mol. The molecule has 3 aromatic rings. The van der Waals surface area contributed by atoms with Crippen molar-refractivity contribution in [3.8, 4) is 17.0 Å². The molecule has 0 unspecified atom stereocenters. The van der Waals surface area contributed by atoms with Crippen LogP contribution in [0.1, 0.15) is 5.69 Å². The lowest BCUT2D eigenvalue weighted by Crippen LogP contribution is -2.05. The molecule has 0 aliphatic carbocycles. The van der Waals surface area contributed by atoms with Gasteiger partial charge in [-0.3, -0.25) is 9.97 Å². The van der Waals surface area contributed by atoms with E-state index in [9.17, 15) is 0 Å². The summed E-state index contributed by atoms with van der Waals surface area (Å²) in [4.78, 5) is 13.1. The monoisotopic (exact) mass is 292 g/mol. The first-order valence-electron chi connectivity index (χ1n) is 6.96. The van der Waals surface area contributed by atoms with Gasteiger partial charge in [-0.2, -0.15) is 0 Å². The summed E-state index contributed by atoms with van der Waals surface area (Å²) in [6, 6.07) is 13.6. The first kappa shape index (κ1) is 14.0. The molecule has 2 heterocycles. The van der Waals surface area contributed by atoms with E-state index in [4.69, 9.17) is 4.74 Å². The lowest BCUT2D eigenvalue weighted by Gasteiger charge is -2.12. The van der Waals surface area contributed by atoms with Crippen LogP contribution >= 0.6 is 0 Å². The summed E-state index contributed by atoms with van der Waals surface area (Å²) in [5.41, 5.74) is 2.61. The zero-order valence-corrected chi connectivity index (χ0v) is 12.2. The molecule has 110 valence electrons. The van der Waals surface area contributed by atoms with Crippen LogP contribution in [0.2, 0.25) is 0 Å². The number of ether oxygens (including phenoxy) is 1. The maximum Gasteiger partial charge on any atom is 0.153 e. The number of pyridine rings is 1. The minimum absolute atomic E-state index is 0.585. The van der Waals surface area contributed by atoms with Gasteiger partial charge in [-0.1, -0.05) is 18.2 Å². The van der Waals surface area contributed by atoms with Crippen LogP contribution in [0.3, 0.4) is 0 Å². The highest BCUT2D eigenvalue weighted by molar-refractivity contribution is 5.76. The minimum atomic E-state index is 0.585. The lowest BCUT2D eigenvalue weighted by atomic mass is 10.1. The Morgan fingerprint density at radius 1 is 0.909 bits per heavy atom. The SMILES string of the molecule is COc1ccccc1-c1nccnc1NCc1ccccn1. The highest BCUT2D eigenvalue weighted by Crippen LogP contribution is 2.31. The van der Waals surface area contributed by atoms with Gasteiger partial charge in [0.15, 0.2) is 5.82 Å². The summed E-state index contributed by atoms with van der Waals surface area (Å²) in [5.74, 6) is 1.47. The van der Waals surface area contributed by atoms with Gasteiger partial charge in [0.1, 0.15) is 11.4 Å². The quantitative estimate of drug-likeness (QED) is 0.782. The van der Waals surface area contributed by atoms with Crippen LogP contribution in [-0.4, -0.2) is 22.1 Å². The predicted octanol–water partition coefficient (Wildman–Crippen LogP) is 3.16. The third-order valence-electron chi connectivity index (χ3n) is 3.22. The van der Waals surface area contributed by atoms with Gasteiger partial charge in [-0.05, 0) is 24.3 Å². The fourth-order valence-electron chi connectivity index (χ4n) is 2.18. The second-order valence-electron chi connectivity index (χ2n) is 4.63. The molecule has 0 saturated heterocycles. The van der Waals surface area contributed by atoms with Gasteiger partial charge in [-0.15, -0.1) is 0 Å². The van der Waals surface area contributed by atoms with Crippen molar-refractivity contribution in [1.29, 1.82) is 0 Å². The molecule has 0 spiro atoms. The van der Waals surface area contributed by atoms with E-state index in [2.05, 4.69) is 20.3 Å². The minimum Gasteiger partial charge on any atom is -0.496 e. The summed E-state index contributed by atoms with van der Waals surface area (Å²) in [7, 11) is 1.65. The molecule has 3 rings (SSSR count). The van der Waals surface area contributed by atoms with Gasteiger partial charge in [-0.25, -0.2) is 4.98 Å². The van der Waals surface area contributed by atoms with Crippen molar-refractivity contribution in [2.24, 2.45) is 0 Å². The number of hydrogen-bond acceptors (Lipinski definition) is 5. The molecule has 5 nitrogen and oxygen atoms in total. The smallest absolute Gasteiger partial charge is 0.153 e. The highest BCUT2D eigenvalue weighted by Gasteiger charge is 2.12. The Hall–Kier alpha value is -2.95. The van der Waals surface area contributed by atoms with Crippen LogP contribution < -0.4 is 10.1 Å². The first-order valence-corrected chi connectivity index (χ1v) is 6.96. The Morgan fingerprint density at radius 3 is 2.55 bits per heavy atom. The third-order valence-corrected chi connectivity index (χ3v) is 3.22. The maximum atomic E-state index is 5.41. The number of nitrogens with zero attached hydrogens (tertiary/aromatic N) is 3.